The van der Waals surface area contributed by atoms with Crippen molar-refractivity contribution in [3.8, 4) is 0 Å². The molecule has 0 amide bonds. The van der Waals surface area contributed by atoms with Gasteiger partial charge in [0.1, 0.15) is 0 Å². The molecule has 1 rings (SSSR count). The van der Waals surface area contributed by atoms with Crippen molar-refractivity contribution < 1.29 is 19.3 Å². The Balaban J connectivity index is 1.73. The van der Waals surface area contributed by atoms with Crippen molar-refractivity contribution in [1.82, 2.24) is 0 Å². The number of unbranched alkanes of at least 4 members (excludes halogenated alkanes) is 3. The van der Waals surface area contributed by atoms with Crippen molar-refractivity contribution in [2.24, 2.45) is 0 Å². The van der Waals surface area contributed by atoms with Crippen LogP contribution in [0, 0.1) is 0 Å². The zero-order chi connectivity index (χ0) is 12.9. The van der Waals surface area contributed by atoms with Crippen molar-refractivity contribution in [3.05, 3.63) is 0 Å². The van der Waals surface area contributed by atoms with Gasteiger partial charge in [0.15, 0.2) is 6.29 Å². The molecule has 1 aliphatic heterocycles. The van der Waals surface area contributed by atoms with Crippen LogP contribution in [0.2, 0.25) is 0 Å². The second-order valence-corrected chi connectivity index (χ2v) is 4.77. The molecule has 1 saturated heterocycles. The zero-order valence-electron chi connectivity index (χ0n) is 11.4. The van der Waals surface area contributed by atoms with Crippen molar-refractivity contribution in [3.63, 3.8) is 0 Å². The Morgan fingerprint density at radius 2 is 1.72 bits per heavy atom. The smallest absolute Gasteiger partial charge is 0.157 e. The van der Waals surface area contributed by atoms with Gasteiger partial charge in [-0.15, -0.1) is 0 Å². The van der Waals surface area contributed by atoms with Crippen molar-refractivity contribution in [2.45, 2.75) is 57.7 Å². The molecule has 0 aromatic carbocycles. The van der Waals surface area contributed by atoms with Crippen LogP contribution in [-0.2, 0) is 14.2 Å². The summed E-state index contributed by atoms with van der Waals surface area (Å²) < 4.78 is 16.6. The van der Waals surface area contributed by atoms with Crippen molar-refractivity contribution in [2.75, 3.05) is 33.0 Å². The summed E-state index contributed by atoms with van der Waals surface area (Å²) in [5, 5.41) is 8.59. The number of rotatable bonds is 11. The third-order valence-electron chi connectivity index (χ3n) is 3.07. The summed E-state index contributed by atoms with van der Waals surface area (Å²) in [6, 6.07) is 0. The van der Waals surface area contributed by atoms with Gasteiger partial charge in [-0.2, -0.15) is 0 Å². The molecule has 0 radical (unpaired) electrons. The third-order valence-corrected chi connectivity index (χ3v) is 3.07. The van der Waals surface area contributed by atoms with Gasteiger partial charge in [-0.05, 0) is 51.4 Å². The first-order valence-electron chi connectivity index (χ1n) is 7.35. The van der Waals surface area contributed by atoms with Gasteiger partial charge >= 0.3 is 0 Å². The SMILES string of the molecule is OCCCCOCCCCCOC1CCCCO1. The molecule has 1 N–H and O–H groups in total. The van der Waals surface area contributed by atoms with E-state index in [1.165, 1.54) is 12.8 Å². The highest BCUT2D eigenvalue weighted by Crippen LogP contribution is 2.14. The molecule has 108 valence electrons. The lowest BCUT2D eigenvalue weighted by Crippen LogP contribution is -2.22. The first-order valence-corrected chi connectivity index (χ1v) is 7.35. The van der Waals surface area contributed by atoms with Crippen LogP contribution < -0.4 is 0 Å². The summed E-state index contributed by atoms with van der Waals surface area (Å²) in [4.78, 5) is 0. The topological polar surface area (TPSA) is 47.9 Å². The highest BCUT2D eigenvalue weighted by Gasteiger charge is 2.13. The molecule has 1 heterocycles. The standard InChI is InChI=1S/C14H28O4/c15-9-3-7-11-16-10-4-1-5-12-17-14-8-2-6-13-18-14/h14-15H,1-13H2. The molecule has 0 spiro atoms. The molecule has 1 aliphatic rings. The molecule has 0 bridgehead atoms. The molecule has 0 aromatic rings. The van der Waals surface area contributed by atoms with E-state index in [0.29, 0.717) is 0 Å². The van der Waals surface area contributed by atoms with Gasteiger partial charge in [0.25, 0.3) is 0 Å². The van der Waals surface area contributed by atoms with Gasteiger partial charge in [-0.1, -0.05) is 0 Å². The van der Waals surface area contributed by atoms with Crippen LogP contribution in [-0.4, -0.2) is 44.4 Å². The number of hydrogen-bond donors (Lipinski definition) is 1. The van der Waals surface area contributed by atoms with Crippen molar-refractivity contribution in [1.29, 1.82) is 0 Å². The Morgan fingerprint density at radius 1 is 0.944 bits per heavy atom. The molecule has 0 aliphatic carbocycles. The Labute approximate surface area is 111 Å². The van der Waals surface area contributed by atoms with E-state index >= 15 is 0 Å². The third kappa shape index (κ3) is 8.86. The maximum atomic E-state index is 8.59. The van der Waals surface area contributed by atoms with E-state index < -0.39 is 0 Å². The Kier molecular flexibility index (Phi) is 10.5. The minimum atomic E-state index is 0.0495. The predicted octanol–water partition coefficient (Wildman–Crippen LogP) is 2.49. The molecule has 4 nitrogen and oxygen atoms in total. The number of aliphatic hydroxyl groups is 1. The maximum Gasteiger partial charge on any atom is 0.157 e. The average Bonchev–Trinajstić information content (AvgIpc) is 2.42. The van der Waals surface area contributed by atoms with Gasteiger partial charge < -0.3 is 19.3 Å². The van der Waals surface area contributed by atoms with E-state index in [0.717, 1.165) is 65.0 Å². The summed E-state index contributed by atoms with van der Waals surface area (Å²) in [5.74, 6) is 0. The van der Waals surface area contributed by atoms with Crippen LogP contribution in [0.5, 0.6) is 0 Å². The average molecular weight is 260 g/mol. The molecular formula is C14H28O4. The highest BCUT2D eigenvalue weighted by molar-refractivity contribution is 4.54. The van der Waals surface area contributed by atoms with Crippen LogP contribution >= 0.6 is 0 Å². The summed E-state index contributed by atoms with van der Waals surface area (Å²) in [7, 11) is 0. The van der Waals surface area contributed by atoms with E-state index in [1.54, 1.807) is 0 Å². The number of ether oxygens (including phenoxy) is 3. The number of aliphatic hydroxyl groups excluding tert-OH is 1. The normalized spacial score (nSPS) is 20.2. The fraction of sp³-hybridized carbons (Fsp3) is 1.00. The fourth-order valence-electron chi connectivity index (χ4n) is 1.96. The van der Waals surface area contributed by atoms with Gasteiger partial charge in [0, 0.05) is 33.0 Å². The van der Waals surface area contributed by atoms with Crippen molar-refractivity contribution >= 4 is 0 Å². The molecule has 0 aromatic heterocycles. The van der Waals surface area contributed by atoms with E-state index in [2.05, 4.69) is 0 Å². The van der Waals surface area contributed by atoms with Crippen LogP contribution in [0.4, 0.5) is 0 Å². The summed E-state index contributed by atoms with van der Waals surface area (Å²) in [5.41, 5.74) is 0. The van der Waals surface area contributed by atoms with Crippen LogP contribution in [0.25, 0.3) is 0 Å². The van der Waals surface area contributed by atoms with Gasteiger partial charge in [-0.25, -0.2) is 0 Å². The lowest BCUT2D eigenvalue weighted by Gasteiger charge is -2.22. The molecule has 18 heavy (non-hydrogen) atoms. The highest BCUT2D eigenvalue weighted by atomic mass is 16.7. The van der Waals surface area contributed by atoms with E-state index in [1.807, 2.05) is 0 Å². The molecule has 1 atom stereocenters. The summed E-state index contributed by atoms with van der Waals surface area (Å²) in [6.45, 7) is 3.52. The fourth-order valence-corrected chi connectivity index (χ4v) is 1.96. The maximum absolute atomic E-state index is 8.59. The minimum Gasteiger partial charge on any atom is -0.396 e. The second kappa shape index (κ2) is 11.9. The second-order valence-electron chi connectivity index (χ2n) is 4.77. The molecule has 4 heteroatoms. The lowest BCUT2D eigenvalue weighted by atomic mass is 10.2. The van der Waals surface area contributed by atoms with Crippen LogP contribution in [0.3, 0.4) is 0 Å². The summed E-state index contributed by atoms with van der Waals surface area (Å²) in [6.07, 6.45) is 8.62. The zero-order valence-corrected chi connectivity index (χ0v) is 11.4. The Hall–Kier alpha value is -0.160. The quantitative estimate of drug-likeness (QED) is 0.580. The molecular weight excluding hydrogens is 232 g/mol. The molecule has 0 saturated carbocycles. The van der Waals surface area contributed by atoms with E-state index in [-0.39, 0.29) is 12.9 Å². The van der Waals surface area contributed by atoms with Gasteiger partial charge in [-0.3, -0.25) is 0 Å². The Morgan fingerprint density at radius 3 is 2.44 bits per heavy atom. The van der Waals surface area contributed by atoms with Crippen LogP contribution in [0.15, 0.2) is 0 Å². The minimum absolute atomic E-state index is 0.0495. The first-order chi connectivity index (χ1) is 8.93. The molecule has 1 fully saturated rings. The first kappa shape index (κ1) is 15.9. The Bertz CT molecular complexity index is 169. The number of hydrogen-bond acceptors (Lipinski definition) is 4. The monoisotopic (exact) mass is 260 g/mol. The van der Waals surface area contributed by atoms with Gasteiger partial charge in [0.05, 0.1) is 0 Å². The van der Waals surface area contributed by atoms with E-state index in [9.17, 15) is 0 Å². The molecule has 1 unspecified atom stereocenters. The van der Waals surface area contributed by atoms with Gasteiger partial charge in [0.2, 0.25) is 0 Å². The lowest BCUT2D eigenvalue weighted by molar-refractivity contribution is -0.162. The predicted molar refractivity (Wildman–Crippen MR) is 70.5 cm³/mol. The van der Waals surface area contributed by atoms with E-state index in [4.69, 9.17) is 19.3 Å². The largest absolute Gasteiger partial charge is 0.396 e. The van der Waals surface area contributed by atoms with Crippen LogP contribution in [0.1, 0.15) is 51.4 Å². The summed E-state index contributed by atoms with van der Waals surface area (Å²) >= 11 is 0.